The Bertz CT molecular complexity index is 188. The number of aliphatic hydroxyl groups is 5. The average Bonchev–Trinajstić information content (AvgIpc) is 2.08. The maximum atomic E-state index is 9.49. The highest BCUT2D eigenvalue weighted by Crippen LogP contribution is 2.29. The fraction of sp³-hybridized carbons (Fsp3) is 1.00. The lowest BCUT2D eigenvalue weighted by Gasteiger charge is -2.42. The maximum Gasteiger partial charge on any atom is 0.225 e. The summed E-state index contributed by atoms with van der Waals surface area (Å²) in [6.07, 6.45) is -4.54. The van der Waals surface area contributed by atoms with E-state index in [9.17, 15) is 15.3 Å². The summed E-state index contributed by atoms with van der Waals surface area (Å²) in [5, 5.41) is 46.0. The predicted octanol–water partition coefficient (Wildman–Crippen LogP) is -3.02. The number of hydrogen-bond acceptors (Lipinski definition) is 6. The van der Waals surface area contributed by atoms with Crippen LogP contribution in [0.25, 0.3) is 0 Å². The van der Waals surface area contributed by atoms with Crippen molar-refractivity contribution in [3.63, 3.8) is 0 Å². The molecule has 0 radical (unpaired) electrons. The van der Waals surface area contributed by atoms with Crippen molar-refractivity contribution < 1.29 is 30.3 Å². The van der Waals surface area contributed by atoms with Crippen molar-refractivity contribution in [3.8, 4) is 0 Å². The van der Waals surface area contributed by atoms with Crippen LogP contribution in [-0.2, 0) is 4.74 Å². The van der Waals surface area contributed by atoms with Gasteiger partial charge in [-0.2, -0.15) is 0 Å². The smallest absolute Gasteiger partial charge is 0.225 e. The largest absolute Gasteiger partial charge is 0.388 e. The minimum absolute atomic E-state index is 0.347. The van der Waals surface area contributed by atoms with E-state index in [-0.39, 0.29) is 6.61 Å². The molecule has 13 heavy (non-hydrogen) atoms. The molecule has 0 spiro atoms. The van der Waals surface area contributed by atoms with E-state index in [4.69, 9.17) is 10.2 Å². The lowest BCUT2D eigenvalue weighted by Crippen LogP contribution is -2.64. The van der Waals surface area contributed by atoms with Gasteiger partial charge < -0.3 is 30.3 Å². The van der Waals surface area contributed by atoms with Crippen LogP contribution < -0.4 is 0 Å². The van der Waals surface area contributed by atoms with Gasteiger partial charge in [0.05, 0.1) is 6.61 Å². The molecule has 2 unspecified atom stereocenters. The van der Waals surface area contributed by atoms with Crippen molar-refractivity contribution in [3.05, 3.63) is 0 Å². The van der Waals surface area contributed by atoms with Crippen LogP contribution in [0, 0.1) is 0 Å². The second-order valence-corrected chi connectivity index (χ2v) is 3.64. The minimum atomic E-state index is -2.25. The summed E-state index contributed by atoms with van der Waals surface area (Å²) in [5.41, 5.74) is 0. The molecule has 78 valence electrons. The standard InChI is InChI=1S/C6H13O6P/c7-2-1-12-6(11,5(10)13)4(9)3(2)8/h2-5,7-11H,1,13H2/t2-,3-,4+,5?,6-/m1/s1. The highest BCUT2D eigenvalue weighted by Gasteiger charge is 2.51. The van der Waals surface area contributed by atoms with E-state index in [0.717, 1.165) is 0 Å². The summed E-state index contributed by atoms with van der Waals surface area (Å²) in [6, 6.07) is 0. The Morgan fingerprint density at radius 1 is 1.38 bits per heavy atom. The third-order valence-electron chi connectivity index (χ3n) is 2.05. The summed E-state index contributed by atoms with van der Waals surface area (Å²) in [4.78, 5) is 0. The van der Waals surface area contributed by atoms with E-state index in [0.29, 0.717) is 0 Å². The number of hydrogen-bond donors (Lipinski definition) is 5. The van der Waals surface area contributed by atoms with Crippen molar-refractivity contribution >= 4 is 9.24 Å². The van der Waals surface area contributed by atoms with Gasteiger partial charge in [0.15, 0.2) is 0 Å². The number of aliphatic hydroxyl groups excluding tert-OH is 4. The average molecular weight is 212 g/mol. The van der Waals surface area contributed by atoms with Gasteiger partial charge in [-0.1, -0.05) is 0 Å². The zero-order chi connectivity index (χ0) is 10.2. The molecule has 5 N–H and O–H groups in total. The second kappa shape index (κ2) is 3.74. The number of rotatable bonds is 1. The van der Waals surface area contributed by atoms with Gasteiger partial charge in [0.2, 0.25) is 5.79 Å². The Morgan fingerprint density at radius 2 is 1.92 bits per heavy atom. The highest BCUT2D eigenvalue weighted by molar-refractivity contribution is 7.17. The van der Waals surface area contributed by atoms with Crippen molar-refractivity contribution in [2.75, 3.05) is 6.61 Å². The minimum Gasteiger partial charge on any atom is -0.388 e. The van der Waals surface area contributed by atoms with Gasteiger partial charge in [-0.3, -0.25) is 0 Å². The Labute approximate surface area is 77.0 Å². The van der Waals surface area contributed by atoms with Gasteiger partial charge in [-0.05, 0) is 0 Å². The fourth-order valence-electron chi connectivity index (χ4n) is 1.12. The number of ether oxygens (including phenoxy) is 1. The van der Waals surface area contributed by atoms with Crippen LogP contribution in [0.1, 0.15) is 0 Å². The van der Waals surface area contributed by atoms with Crippen molar-refractivity contribution in [1.82, 2.24) is 0 Å². The topological polar surface area (TPSA) is 110 Å². The highest BCUT2D eigenvalue weighted by atomic mass is 31.0. The summed E-state index contributed by atoms with van der Waals surface area (Å²) < 4.78 is 4.65. The first kappa shape index (κ1) is 11.3. The molecule has 6 atom stereocenters. The summed E-state index contributed by atoms with van der Waals surface area (Å²) >= 11 is 0. The fourth-order valence-corrected chi connectivity index (χ4v) is 1.41. The zero-order valence-corrected chi connectivity index (χ0v) is 7.89. The van der Waals surface area contributed by atoms with Crippen LogP contribution in [0.3, 0.4) is 0 Å². The molecular formula is C6H13O6P. The van der Waals surface area contributed by atoms with Gasteiger partial charge >= 0.3 is 0 Å². The Balaban J connectivity index is 2.79. The molecule has 0 aliphatic carbocycles. The van der Waals surface area contributed by atoms with Crippen molar-refractivity contribution in [2.45, 2.75) is 29.9 Å². The van der Waals surface area contributed by atoms with E-state index in [1.54, 1.807) is 0 Å². The molecule has 0 bridgehead atoms. The van der Waals surface area contributed by atoms with E-state index < -0.39 is 29.9 Å². The van der Waals surface area contributed by atoms with Crippen LogP contribution in [0.2, 0.25) is 0 Å². The van der Waals surface area contributed by atoms with Crippen molar-refractivity contribution in [1.29, 1.82) is 0 Å². The maximum absolute atomic E-state index is 9.49. The van der Waals surface area contributed by atoms with Gasteiger partial charge in [-0.25, -0.2) is 0 Å². The molecule has 0 aromatic carbocycles. The second-order valence-electron chi connectivity index (χ2n) is 3.01. The molecule has 1 aliphatic rings. The Hall–Kier alpha value is 0.190. The van der Waals surface area contributed by atoms with Gasteiger partial charge in [-0.15, -0.1) is 9.24 Å². The molecular weight excluding hydrogens is 199 g/mol. The molecule has 1 heterocycles. The van der Waals surface area contributed by atoms with Crippen LogP contribution >= 0.6 is 9.24 Å². The first-order valence-electron chi connectivity index (χ1n) is 3.73. The molecule has 0 amide bonds. The molecule has 7 heteroatoms. The van der Waals surface area contributed by atoms with Crippen LogP contribution in [0.5, 0.6) is 0 Å². The quantitative estimate of drug-likeness (QED) is 0.296. The Morgan fingerprint density at radius 3 is 2.38 bits per heavy atom. The van der Waals surface area contributed by atoms with Crippen molar-refractivity contribution in [2.24, 2.45) is 0 Å². The van der Waals surface area contributed by atoms with E-state index in [1.807, 2.05) is 9.24 Å². The van der Waals surface area contributed by atoms with Gasteiger partial charge in [0.25, 0.3) is 0 Å². The lowest BCUT2D eigenvalue weighted by molar-refractivity contribution is -0.338. The molecule has 0 aromatic rings. The zero-order valence-electron chi connectivity index (χ0n) is 6.74. The lowest BCUT2D eigenvalue weighted by atomic mass is 9.97. The molecule has 1 rings (SSSR count). The van der Waals surface area contributed by atoms with E-state index >= 15 is 0 Å². The third-order valence-corrected chi connectivity index (χ3v) is 2.53. The normalized spacial score (nSPS) is 48.9. The summed E-state index contributed by atoms with van der Waals surface area (Å²) in [7, 11) is 1.83. The van der Waals surface area contributed by atoms with E-state index in [2.05, 4.69) is 4.74 Å². The summed E-state index contributed by atoms with van der Waals surface area (Å²) in [5.74, 6) is -3.69. The monoisotopic (exact) mass is 212 g/mol. The molecule has 1 fully saturated rings. The molecule has 6 nitrogen and oxygen atoms in total. The first-order chi connectivity index (χ1) is 5.89. The third kappa shape index (κ3) is 1.85. The van der Waals surface area contributed by atoms with Gasteiger partial charge in [0.1, 0.15) is 24.2 Å². The SMILES string of the molecule is OC(P)[C@]1(O)OC[C@@H](O)[C@@H](O)[C@@H]1O. The Kier molecular flexibility index (Phi) is 3.24. The predicted molar refractivity (Wildman–Crippen MR) is 44.6 cm³/mol. The molecule has 0 saturated carbocycles. The first-order valence-corrected chi connectivity index (χ1v) is 4.40. The molecule has 1 saturated heterocycles. The van der Waals surface area contributed by atoms with Crippen LogP contribution in [0.4, 0.5) is 0 Å². The summed E-state index contributed by atoms with van der Waals surface area (Å²) in [6.45, 7) is -0.347. The van der Waals surface area contributed by atoms with Gasteiger partial charge in [0, 0.05) is 0 Å². The van der Waals surface area contributed by atoms with Crippen LogP contribution in [-0.4, -0.2) is 62.1 Å². The molecule has 1 aliphatic heterocycles. The molecule has 0 aromatic heterocycles. The van der Waals surface area contributed by atoms with Crippen LogP contribution in [0.15, 0.2) is 0 Å². The van der Waals surface area contributed by atoms with E-state index in [1.165, 1.54) is 0 Å².